The summed E-state index contributed by atoms with van der Waals surface area (Å²) in [5.74, 6) is -5.90. The Hall–Kier alpha value is -5.87. The van der Waals surface area contributed by atoms with Crippen LogP contribution in [0, 0.1) is 5.92 Å². The number of nitrogens with zero attached hydrogens (tertiary/aromatic N) is 1. The second kappa shape index (κ2) is 42.2. The van der Waals surface area contributed by atoms with Gasteiger partial charge < -0.3 is 71.0 Å². The summed E-state index contributed by atoms with van der Waals surface area (Å²) in [4.78, 5) is 112. The zero-order valence-electron chi connectivity index (χ0n) is 46.9. The zero-order chi connectivity index (χ0) is 57.4. The largest absolute Gasteiger partial charge is 0.394 e. The molecule has 0 aliphatic heterocycles. The second-order valence-electron chi connectivity index (χ2n) is 20.6. The van der Waals surface area contributed by atoms with Gasteiger partial charge in [0, 0.05) is 19.4 Å². The average molecular weight is 1090 g/mol. The molecule has 0 fully saturated rings. The second-order valence-corrected chi connectivity index (χ2v) is 20.6. The van der Waals surface area contributed by atoms with E-state index in [1.807, 2.05) is 19.9 Å². The van der Waals surface area contributed by atoms with Crippen LogP contribution >= 0.6 is 0 Å². The van der Waals surface area contributed by atoms with Gasteiger partial charge >= 0.3 is 0 Å². The third kappa shape index (κ3) is 32.5. The number of aliphatic imine (C=N–C) groups is 1. The van der Waals surface area contributed by atoms with E-state index in [1.54, 1.807) is 24.3 Å². The number of benzene rings is 1. The van der Waals surface area contributed by atoms with Crippen molar-refractivity contribution in [1.82, 2.24) is 37.2 Å². The van der Waals surface area contributed by atoms with Gasteiger partial charge in [-0.15, -0.1) is 0 Å². The van der Waals surface area contributed by atoms with Crippen molar-refractivity contribution >= 4 is 53.2 Å². The molecular formula is C55H99N13O9. The number of carbonyl (C=O) groups excluding carboxylic acids is 8. The first-order valence-electron chi connectivity index (χ1n) is 28.4. The van der Waals surface area contributed by atoms with E-state index in [9.17, 15) is 43.5 Å². The van der Waals surface area contributed by atoms with E-state index in [0.29, 0.717) is 45.2 Å². The number of hydrogen-bond donors (Lipinski definition) is 13. The van der Waals surface area contributed by atoms with Gasteiger partial charge in [0.15, 0.2) is 5.96 Å². The SMILES string of the molecule is CCCCCCCCCCCCCCCC(=O)N[C@@H](CCCCN)C(=O)N[C@@H](CCCCN)C(=O)N[C@@H](CO)C(=O)N[C@@H](CCCN=C(N)N)C(=O)N[C@@H](C)C(=O)N[C@@H](CC(C)C)C(=O)N[C@@H](Cc1ccccc1)C(N)=O. The van der Waals surface area contributed by atoms with E-state index >= 15 is 0 Å². The van der Waals surface area contributed by atoms with Crippen molar-refractivity contribution < 1.29 is 43.5 Å². The molecule has 7 atom stereocenters. The normalized spacial score (nSPS) is 13.9. The standard InChI is InChI=1S/C55H99N13O9/c1-5-6-7-8-9-10-11-12-13-14-15-16-20-31-47(70)63-41(28-21-23-32-56)51(74)64-42(29-22-24-33-57)52(75)68-46(37-69)54(77)65-43(30-25-34-61-55(59)60)50(73)62-39(4)49(72)67-45(35-38(2)3)53(76)66-44(48(58)71)36-40-26-18-17-19-27-40/h17-19,26-27,38-39,41-46,69H,5-16,20-25,28-37,56-57H2,1-4H3,(H2,58,71)(H,62,73)(H,63,70)(H,64,74)(H,65,77)(H,66,76)(H,67,72)(H,68,75)(H4,59,60,61)/t39-,41-,42-,43-,44-,45-,46-/m0/s1. The van der Waals surface area contributed by atoms with Crippen LogP contribution in [0.4, 0.5) is 0 Å². The molecule has 22 heteroatoms. The summed E-state index contributed by atoms with van der Waals surface area (Å²) < 4.78 is 0. The minimum Gasteiger partial charge on any atom is -0.394 e. The molecule has 18 N–H and O–H groups in total. The van der Waals surface area contributed by atoms with Crippen LogP contribution in [0.5, 0.6) is 0 Å². The third-order valence-corrected chi connectivity index (χ3v) is 13.1. The molecule has 0 heterocycles. The number of nitrogens with one attached hydrogen (secondary N) is 7. The maximum absolute atomic E-state index is 13.9. The molecule has 0 aliphatic rings. The molecule has 8 amide bonds. The van der Waals surface area contributed by atoms with Gasteiger partial charge in [-0.2, -0.15) is 0 Å². The van der Waals surface area contributed by atoms with E-state index < -0.39 is 90.3 Å². The molecule has 0 aromatic heterocycles. The van der Waals surface area contributed by atoms with Crippen LogP contribution in [0.3, 0.4) is 0 Å². The Bertz CT molecular complexity index is 1900. The van der Waals surface area contributed by atoms with Gasteiger partial charge in [0.25, 0.3) is 0 Å². The maximum Gasteiger partial charge on any atom is 0.245 e. The van der Waals surface area contributed by atoms with Crippen molar-refractivity contribution in [3.8, 4) is 0 Å². The molecular weight excluding hydrogens is 987 g/mol. The number of carbonyl (C=O) groups is 8. The lowest BCUT2D eigenvalue weighted by Crippen LogP contribution is -2.60. The fraction of sp³-hybridized carbons (Fsp3) is 0.727. The number of guanidine groups is 1. The monoisotopic (exact) mass is 1090 g/mol. The quantitative estimate of drug-likeness (QED) is 0.0253. The van der Waals surface area contributed by atoms with Crippen LogP contribution in [0.1, 0.15) is 181 Å². The summed E-state index contributed by atoms with van der Waals surface area (Å²) in [7, 11) is 0. The highest BCUT2D eigenvalue weighted by atomic mass is 16.3. The summed E-state index contributed by atoms with van der Waals surface area (Å²) in [6.45, 7) is 7.15. The topological polar surface area (TPSA) is 383 Å². The van der Waals surface area contributed by atoms with Crippen LogP contribution in [0.15, 0.2) is 35.3 Å². The minimum atomic E-state index is -1.60. The highest BCUT2D eigenvalue weighted by Crippen LogP contribution is 2.14. The first kappa shape index (κ1) is 69.1. The molecule has 0 bridgehead atoms. The molecule has 1 aromatic rings. The van der Waals surface area contributed by atoms with Crippen molar-refractivity contribution in [1.29, 1.82) is 0 Å². The van der Waals surface area contributed by atoms with Crippen LogP contribution in [0.25, 0.3) is 0 Å². The fourth-order valence-electron chi connectivity index (χ4n) is 8.60. The Kier molecular flexibility index (Phi) is 37.9. The molecule has 0 aliphatic carbocycles. The predicted molar refractivity (Wildman–Crippen MR) is 301 cm³/mol. The summed E-state index contributed by atoms with van der Waals surface area (Å²) in [5.41, 5.74) is 28.9. The van der Waals surface area contributed by atoms with Gasteiger partial charge in [0.1, 0.15) is 42.3 Å². The van der Waals surface area contributed by atoms with E-state index in [4.69, 9.17) is 28.7 Å². The summed E-state index contributed by atoms with van der Waals surface area (Å²) in [6, 6.07) is 0.393. The van der Waals surface area contributed by atoms with Crippen molar-refractivity contribution in [2.45, 2.75) is 224 Å². The number of nitrogens with two attached hydrogens (primary N) is 5. The predicted octanol–water partition coefficient (Wildman–Crippen LogP) is 1.96. The Morgan fingerprint density at radius 3 is 1.40 bits per heavy atom. The highest BCUT2D eigenvalue weighted by Gasteiger charge is 2.33. The van der Waals surface area contributed by atoms with Gasteiger partial charge in [0.05, 0.1) is 6.61 Å². The first-order chi connectivity index (χ1) is 36.9. The minimum absolute atomic E-state index is 0.0581. The molecule has 1 aromatic carbocycles. The van der Waals surface area contributed by atoms with Gasteiger partial charge in [-0.1, -0.05) is 128 Å². The number of aliphatic hydroxyl groups excluding tert-OH is 1. The van der Waals surface area contributed by atoms with E-state index in [-0.39, 0.29) is 69.3 Å². The Morgan fingerprint density at radius 1 is 0.494 bits per heavy atom. The lowest BCUT2D eigenvalue weighted by Gasteiger charge is -2.27. The number of unbranched alkanes of at least 4 members (excludes halogenated alkanes) is 14. The molecule has 0 unspecified atom stereocenters. The number of hydrogen-bond acceptors (Lipinski definition) is 12. The number of primary amides is 1. The lowest BCUT2D eigenvalue weighted by atomic mass is 10.0. The Labute approximate surface area is 458 Å². The van der Waals surface area contributed by atoms with Crippen molar-refractivity contribution in [2.24, 2.45) is 39.6 Å². The van der Waals surface area contributed by atoms with E-state index in [2.05, 4.69) is 49.1 Å². The fourth-order valence-corrected chi connectivity index (χ4v) is 8.60. The number of aliphatic hydroxyl groups is 1. The molecule has 22 nitrogen and oxygen atoms in total. The van der Waals surface area contributed by atoms with Gasteiger partial charge in [-0.05, 0) is 95.7 Å². The van der Waals surface area contributed by atoms with E-state index in [0.717, 1.165) is 24.8 Å². The molecule has 0 saturated heterocycles. The van der Waals surface area contributed by atoms with E-state index in [1.165, 1.54) is 64.7 Å². The van der Waals surface area contributed by atoms with Crippen LogP contribution in [0.2, 0.25) is 0 Å². The van der Waals surface area contributed by atoms with Gasteiger partial charge in [0.2, 0.25) is 47.3 Å². The Balaban J connectivity index is 3.09. The van der Waals surface area contributed by atoms with Crippen LogP contribution in [-0.2, 0) is 44.8 Å². The molecule has 77 heavy (non-hydrogen) atoms. The highest BCUT2D eigenvalue weighted by molar-refractivity contribution is 5.97. The third-order valence-electron chi connectivity index (χ3n) is 13.1. The van der Waals surface area contributed by atoms with Crippen LogP contribution < -0.4 is 65.9 Å². The molecule has 0 radical (unpaired) electrons. The first-order valence-corrected chi connectivity index (χ1v) is 28.4. The van der Waals surface area contributed by atoms with Crippen molar-refractivity contribution in [3.05, 3.63) is 35.9 Å². The van der Waals surface area contributed by atoms with Crippen molar-refractivity contribution in [3.63, 3.8) is 0 Å². The maximum atomic E-state index is 13.9. The van der Waals surface area contributed by atoms with Crippen LogP contribution in [-0.4, -0.2) is 127 Å². The van der Waals surface area contributed by atoms with Crippen molar-refractivity contribution in [2.75, 3.05) is 26.2 Å². The summed E-state index contributed by atoms with van der Waals surface area (Å²) >= 11 is 0. The van der Waals surface area contributed by atoms with Gasteiger partial charge in [-0.3, -0.25) is 43.3 Å². The molecule has 0 saturated carbocycles. The lowest BCUT2D eigenvalue weighted by molar-refractivity contribution is -0.136. The molecule has 438 valence electrons. The molecule has 1 rings (SSSR count). The smallest absolute Gasteiger partial charge is 0.245 e. The summed E-state index contributed by atoms with van der Waals surface area (Å²) in [6.07, 6.45) is 18.3. The Morgan fingerprint density at radius 2 is 0.922 bits per heavy atom. The average Bonchev–Trinajstić information content (AvgIpc) is 3.38. The molecule has 0 spiro atoms. The zero-order valence-corrected chi connectivity index (χ0v) is 46.9. The summed E-state index contributed by atoms with van der Waals surface area (Å²) in [5, 5.41) is 28.9. The number of rotatable bonds is 45. The number of amides is 8. The van der Waals surface area contributed by atoms with Gasteiger partial charge in [-0.25, -0.2) is 0 Å².